The van der Waals surface area contributed by atoms with Gasteiger partial charge in [-0.2, -0.15) is 0 Å². The monoisotopic (exact) mass is 736 g/mol. The summed E-state index contributed by atoms with van der Waals surface area (Å²) in [6, 6.07) is 26.8. The smallest absolute Gasteiger partial charge is 0.333 e. The molecule has 1 fully saturated rings. The van der Waals surface area contributed by atoms with Crippen molar-refractivity contribution < 1.29 is 42.9 Å². The summed E-state index contributed by atoms with van der Waals surface area (Å²) < 4.78 is 27.2. The lowest BCUT2D eigenvalue weighted by Gasteiger charge is -2.21. The SMILES string of the molecule is C=CC(=O)OCCCOc1ccc(-c2ccc(SC(=O)c3ccc4cc(OCCCOC(=O)C(=C)CC(=O)OC5CCCCC5)ccc4c3)cc2)cc1. The van der Waals surface area contributed by atoms with Gasteiger partial charge in [-0.3, -0.25) is 9.59 Å². The molecule has 0 spiro atoms. The average molecular weight is 737 g/mol. The molecule has 5 rings (SSSR count). The first-order valence-corrected chi connectivity index (χ1v) is 18.6. The van der Waals surface area contributed by atoms with E-state index in [-0.39, 0.29) is 36.4 Å². The summed E-state index contributed by atoms with van der Waals surface area (Å²) in [5.41, 5.74) is 2.72. The molecule has 0 atom stereocenters. The van der Waals surface area contributed by atoms with Crippen molar-refractivity contribution in [2.75, 3.05) is 26.4 Å². The number of esters is 3. The molecule has 4 aromatic rings. The Balaban J connectivity index is 1.02. The molecule has 0 amide bonds. The van der Waals surface area contributed by atoms with E-state index in [0.29, 0.717) is 37.4 Å². The van der Waals surface area contributed by atoms with Crippen molar-refractivity contribution in [2.45, 2.75) is 62.4 Å². The first-order chi connectivity index (χ1) is 25.8. The van der Waals surface area contributed by atoms with Crippen LogP contribution in [0.5, 0.6) is 11.5 Å². The molecule has 0 aliphatic heterocycles. The summed E-state index contributed by atoms with van der Waals surface area (Å²) in [5.74, 6) is -0.0948. The number of fused-ring (bicyclic) bond motifs is 1. The Bertz CT molecular complexity index is 1890. The third kappa shape index (κ3) is 12.4. The Morgan fingerprint density at radius 3 is 2.00 bits per heavy atom. The first kappa shape index (κ1) is 38.9. The van der Waals surface area contributed by atoms with E-state index < -0.39 is 17.9 Å². The maximum Gasteiger partial charge on any atom is 0.333 e. The maximum atomic E-state index is 13.2. The van der Waals surface area contributed by atoms with Gasteiger partial charge < -0.3 is 23.7 Å². The Morgan fingerprint density at radius 2 is 1.30 bits per heavy atom. The van der Waals surface area contributed by atoms with Gasteiger partial charge in [0, 0.05) is 34.9 Å². The van der Waals surface area contributed by atoms with Crippen LogP contribution in [0, 0.1) is 0 Å². The van der Waals surface area contributed by atoms with Crippen molar-refractivity contribution >= 4 is 45.6 Å². The van der Waals surface area contributed by atoms with Gasteiger partial charge in [-0.05, 0) is 108 Å². The molecule has 0 unspecified atom stereocenters. The number of hydrogen-bond acceptors (Lipinski definition) is 10. The second kappa shape index (κ2) is 20.0. The Labute approximate surface area is 314 Å². The fraction of sp³-hybridized carbons (Fsp3) is 0.302. The van der Waals surface area contributed by atoms with Gasteiger partial charge in [-0.25, -0.2) is 9.59 Å². The van der Waals surface area contributed by atoms with Gasteiger partial charge >= 0.3 is 17.9 Å². The molecular weight excluding hydrogens is 693 g/mol. The number of benzene rings is 4. The normalized spacial score (nSPS) is 12.8. The van der Waals surface area contributed by atoms with Crippen molar-refractivity contribution in [2.24, 2.45) is 0 Å². The summed E-state index contributed by atoms with van der Waals surface area (Å²) in [6.45, 7) is 8.23. The number of carbonyl (C=O) groups is 4. The second-order valence-corrected chi connectivity index (χ2v) is 13.7. The van der Waals surface area contributed by atoms with Crippen molar-refractivity contribution in [1.29, 1.82) is 0 Å². The highest BCUT2D eigenvalue weighted by Gasteiger charge is 2.20. The number of hydrogen-bond donors (Lipinski definition) is 0. The highest BCUT2D eigenvalue weighted by atomic mass is 32.2. The van der Waals surface area contributed by atoms with Crippen LogP contribution >= 0.6 is 11.8 Å². The summed E-state index contributed by atoms with van der Waals surface area (Å²) in [4.78, 5) is 49.5. The van der Waals surface area contributed by atoms with Crippen LogP contribution in [0.2, 0.25) is 0 Å². The molecule has 53 heavy (non-hydrogen) atoms. The van der Waals surface area contributed by atoms with E-state index in [2.05, 4.69) is 13.2 Å². The second-order valence-electron chi connectivity index (χ2n) is 12.6. The zero-order chi connectivity index (χ0) is 37.4. The summed E-state index contributed by atoms with van der Waals surface area (Å²) in [5, 5.41) is 1.79. The first-order valence-electron chi connectivity index (χ1n) is 17.8. The van der Waals surface area contributed by atoms with E-state index in [4.69, 9.17) is 23.7 Å². The standard InChI is InChI=1S/C43H44O9S/c1-3-40(44)50-25-7-23-48-36-18-13-31(14-19-36)32-16-21-39(22-17-32)53-43(47)35-12-11-34-29-38(20-15-33(34)28-35)49-24-8-26-51-42(46)30(2)27-41(45)52-37-9-5-4-6-10-37/h3,11-22,28-29,37H,1-2,4-10,23-27H2. The molecule has 0 heterocycles. The topological polar surface area (TPSA) is 114 Å². The Hall–Kier alpha value is -5.35. The van der Waals surface area contributed by atoms with Gasteiger partial charge in [0.15, 0.2) is 0 Å². The van der Waals surface area contributed by atoms with Crippen LogP contribution in [0.1, 0.15) is 61.7 Å². The third-order valence-corrected chi connectivity index (χ3v) is 9.48. The summed E-state index contributed by atoms with van der Waals surface area (Å²) in [6.07, 6.45) is 6.97. The fourth-order valence-electron chi connectivity index (χ4n) is 5.72. The van der Waals surface area contributed by atoms with Crippen LogP contribution in [0.4, 0.5) is 0 Å². The zero-order valence-electron chi connectivity index (χ0n) is 29.7. The minimum absolute atomic E-state index is 0.0564. The average Bonchev–Trinajstić information content (AvgIpc) is 3.18. The van der Waals surface area contributed by atoms with Crippen LogP contribution in [0.15, 0.2) is 115 Å². The van der Waals surface area contributed by atoms with E-state index in [9.17, 15) is 19.2 Å². The molecule has 10 heteroatoms. The fourth-order valence-corrected chi connectivity index (χ4v) is 6.45. The number of rotatable bonds is 18. The number of thioether (sulfide) groups is 1. The van der Waals surface area contributed by atoms with E-state index in [1.807, 2.05) is 84.9 Å². The van der Waals surface area contributed by atoms with Gasteiger partial charge in [0.1, 0.15) is 17.6 Å². The largest absolute Gasteiger partial charge is 0.493 e. The van der Waals surface area contributed by atoms with Crippen LogP contribution in [-0.2, 0) is 28.6 Å². The van der Waals surface area contributed by atoms with E-state index in [1.165, 1.54) is 11.8 Å². The summed E-state index contributed by atoms with van der Waals surface area (Å²) >= 11 is 1.18. The van der Waals surface area contributed by atoms with Crippen LogP contribution in [0.25, 0.3) is 21.9 Å². The van der Waals surface area contributed by atoms with Crippen LogP contribution < -0.4 is 9.47 Å². The summed E-state index contributed by atoms with van der Waals surface area (Å²) in [7, 11) is 0. The molecule has 0 bridgehead atoms. The number of ether oxygens (including phenoxy) is 5. The molecule has 276 valence electrons. The Kier molecular flexibility index (Phi) is 14.7. The molecule has 0 radical (unpaired) electrons. The van der Waals surface area contributed by atoms with Gasteiger partial charge in [0.2, 0.25) is 5.12 Å². The molecule has 4 aromatic carbocycles. The minimum Gasteiger partial charge on any atom is -0.493 e. The van der Waals surface area contributed by atoms with Gasteiger partial charge in [0.05, 0.1) is 32.8 Å². The van der Waals surface area contributed by atoms with Crippen molar-refractivity contribution in [1.82, 2.24) is 0 Å². The van der Waals surface area contributed by atoms with E-state index in [1.54, 1.807) is 0 Å². The van der Waals surface area contributed by atoms with Crippen LogP contribution in [-0.4, -0.2) is 55.6 Å². The van der Waals surface area contributed by atoms with Crippen LogP contribution in [0.3, 0.4) is 0 Å². The van der Waals surface area contributed by atoms with E-state index in [0.717, 1.165) is 70.7 Å². The highest BCUT2D eigenvalue weighted by Crippen LogP contribution is 2.30. The molecular formula is C43H44O9S. The van der Waals surface area contributed by atoms with Crippen molar-refractivity contribution in [3.63, 3.8) is 0 Å². The maximum absolute atomic E-state index is 13.2. The predicted octanol–water partition coefficient (Wildman–Crippen LogP) is 9.07. The lowest BCUT2D eigenvalue weighted by Crippen LogP contribution is -2.22. The van der Waals surface area contributed by atoms with Gasteiger partial charge in [0.25, 0.3) is 0 Å². The lowest BCUT2D eigenvalue weighted by atomic mass is 9.98. The minimum atomic E-state index is -0.606. The van der Waals surface area contributed by atoms with E-state index >= 15 is 0 Å². The molecule has 1 saturated carbocycles. The lowest BCUT2D eigenvalue weighted by molar-refractivity contribution is -0.151. The molecule has 9 nitrogen and oxygen atoms in total. The number of carbonyl (C=O) groups excluding carboxylic acids is 4. The highest BCUT2D eigenvalue weighted by molar-refractivity contribution is 8.14. The molecule has 0 aromatic heterocycles. The third-order valence-electron chi connectivity index (χ3n) is 8.56. The predicted molar refractivity (Wildman–Crippen MR) is 205 cm³/mol. The van der Waals surface area contributed by atoms with Crippen molar-refractivity contribution in [3.05, 3.63) is 115 Å². The molecule has 0 saturated heterocycles. The van der Waals surface area contributed by atoms with Gasteiger partial charge in [-0.1, -0.05) is 56.0 Å². The zero-order valence-corrected chi connectivity index (χ0v) is 30.5. The Morgan fingerprint density at radius 1 is 0.698 bits per heavy atom. The van der Waals surface area contributed by atoms with Gasteiger partial charge in [-0.15, -0.1) is 0 Å². The molecule has 1 aliphatic carbocycles. The van der Waals surface area contributed by atoms with Crippen molar-refractivity contribution in [3.8, 4) is 22.6 Å². The quantitative estimate of drug-likeness (QED) is 0.0322. The molecule has 1 aliphatic rings. The molecule has 0 N–H and O–H groups in total.